The molecule has 1 aliphatic carbocycles. The summed E-state index contributed by atoms with van der Waals surface area (Å²) in [4.78, 5) is 22.7. The van der Waals surface area contributed by atoms with Crippen LogP contribution >= 0.6 is 0 Å². The number of hydrogen-bond acceptors (Lipinski definition) is 8. The van der Waals surface area contributed by atoms with E-state index in [0.717, 1.165) is 33.3 Å². The second-order valence-corrected chi connectivity index (χ2v) is 17.7. The zero-order valence-corrected chi connectivity index (χ0v) is 27.4. The van der Waals surface area contributed by atoms with Crippen LogP contribution in [0.1, 0.15) is 53.9 Å². The average Bonchev–Trinajstić information content (AvgIpc) is 3.50. The molecule has 2 aromatic heterocycles. The Labute approximate surface area is 260 Å². The zero-order chi connectivity index (χ0) is 31.6. The molecule has 0 fully saturated rings. The molecule has 0 saturated heterocycles. The standard InChI is InChI=1S/C33H43N7O3Si/c1-8-14-40-27-18-26(21(2)16-23(27)19-36-40)37-32-35-20-25(31(42)34-13-15-43-44(6,7)33(3,4)5)30(39-32)38-29-24-12-10-9-11-22(24)17-28(29)41/h8-12,16,18-20,28-29,41H,1,13-15,17H2,2-7H3,(H,34,42)(H2,35,37,38,39)/t28-,29+/m1/s1. The predicted molar refractivity (Wildman–Crippen MR) is 178 cm³/mol. The van der Waals surface area contributed by atoms with Gasteiger partial charge in [0.1, 0.15) is 11.4 Å². The van der Waals surface area contributed by atoms with E-state index in [1.807, 2.05) is 48.1 Å². The second-order valence-electron chi connectivity index (χ2n) is 12.9. The topological polar surface area (TPSA) is 126 Å². The van der Waals surface area contributed by atoms with Gasteiger partial charge < -0.3 is 25.5 Å². The van der Waals surface area contributed by atoms with E-state index in [-0.39, 0.29) is 16.5 Å². The molecule has 44 heavy (non-hydrogen) atoms. The number of aryl methyl sites for hydroxylation is 1. The molecule has 0 radical (unpaired) electrons. The largest absolute Gasteiger partial charge is 0.415 e. The summed E-state index contributed by atoms with van der Waals surface area (Å²) in [6.07, 6.45) is 5.02. The van der Waals surface area contributed by atoms with E-state index in [2.05, 4.69) is 72.5 Å². The molecule has 2 heterocycles. The highest BCUT2D eigenvalue weighted by atomic mass is 28.4. The van der Waals surface area contributed by atoms with Gasteiger partial charge in [-0.05, 0) is 53.9 Å². The van der Waals surface area contributed by atoms with Crippen molar-refractivity contribution in [1.82, 2.24) is 25.1 Å². The number of rotatable bonds is 11. The van der Waals surface area contributed by atoms with E-state index < -0.39 is 20.5 Å². The minimum absolute atomic E-state index is 0.0807. The van der Waals surface area contributed by atoms with Crippen molar-refractivity contribution < 1.29 is 14.3 Å². The third-order valence-corrected chi connectivity index (χ3v) is 13.3. The third-order valence-electron chi connectivity index (χ3n) is 8.72. The molecule has 2 aromatic carbocycles. The Hall–Kier alpha value is -4.06. The fourth-order valence-corrected chi connectivity index (χ4v) is 6.20. The first-order valence-electron chi connectivity index (χ1n) is 15.0. The molecule has 0 bridgehead atoms. The van der Waals surface area contributed by atoms with Gasteiger partial charge in [-0.15, -0.1) is 6.58 Å². The lowest BCUT2D eigenvalue weighted by atomic mass is 10.1. The molecular weight excluding hydrogens is 570 g/mol. The maximum atomic E-state index is 13.5. The first kappa shape index (κ1) is 31.4. The fourth-order valence-electron chi connectivity index (χ4n) is 5.16. The van der Waals surface area contributed by atoms with Crippen LogP contribution in [0.5, 0.6) is 0 Å². The van der Waals surface area contributed by atoms with Crippen LogP contribution in [0.25, 0.3) is 10.9 Å². The molecule has 232 valence electrons. The molecule has 4 aromatic rings. The molecule has 5 rings (SSSR count). The molecule has 11 heteroatoms. The normalized spacial score (nSPS) is 16.5. The molecule has 1 amide bonds. The van der Waals surface area contributed by atoms with Crippen molar-refractivity contribution in [1.29, 1.82) is 0 Å². The summed E-state index contributed by atoms with van der Waals surface area (Å²) in [7, 11) is -1.94. The number of anilines is 3. The predicted octanol–water partition coefficient (Wildman–Crippen LogP) is 5.89. The molecule has 0 aliphatic heterocycles. The van der Waals surface area contributed by atoms with Crippen molar-refractivity contribution in [3.05, 3.63) is 83.7 Å². The van der Waals surface area contributed by atoms with Gasteiger partial charge in [-0.25, -0.2) is 4.98 Å². The minimum atomic E-state index is -1.94. The molecule has 0 saturated carbocycles. The molecule has 0 spiro atoms. The van der Waals surface area contributed by atoms with Crippen LogP contribution in [0, 0.1) is 6.92 Å². The Morgan fingerprint density at radius 1 is 1.23 bits per heavy atom. The molecule has 1 aliphatic rings. The highest BCUT2D eigenvalue weighted by molar-refractivity contribution is 6.74. The van der Waals surface area contributed by atoms with Gasteiger partial charge in [0.15, 0.2) is 8.32 Å². The van der Waals surface area contributed by atoms with Crippen molar-refractivity contribution in [3.63, 3.8) is 0 Å². The fraction of sp³-hybridized carbons (Fsp3) is 0.394. The van der Waals surface area contributed by atoms with Crippen molar-refractivity contribution in [3.8, 4) is 0 Å². The lowest BCUT2D eigenvalue weighted by Crippen LogP contribution is -2.42. The summed E-state index contributed by atoms with van der Waals surface area (Å²) >= 11 is 0. The number of fused-ring (bicyclic) bond motifs is 2. The quantitative estimate of drug-likeness (QED) is 0.0938. The van der Waals surface area contributed by atoms with Gasteiger partial charge in [0.25, 0.3) is 5.91 Å². The summed E-state index contributed by atoms with van der Waals surface area (Å²) in [5.41, 5.74) is 5.12. The summed E-state index contributed by atoms with van der Waals surface area (Å²) in [6, 6.07) is 11.6. The number of allylic oxidation sites excluding steroid dienone is 1. The highest BCUT2D eigenvalue weighted by Gasteiger charge is 2.37. The monoisotopic (exact) mass is 613 g/mol. The van der Waals surface area contributed by atoms with Crippen LogP contribution in [0.3, 0.4) is 0 Å². The SMILES string of the molecule is C=CCn1ncc2cc(C)c(Nc3ncc(C(=O)NCCO[Si](C)(C)C(C)(C)C)c(N[C@H]4c5ccccc5C[C@H]4O)n3)cc21. The highest BCUT2D eigenvalue weighted by Crippen LogP contribution is 2.37. The van der Waals surface area contributed by atoms with Gasteiger partial charge in [0.2, 0.25) is 5.95 Å². The van der Waals surface area contributed by atoms with Crippen molar-refractivity contribution in [2.24, 2.45) is 0 Å². The Balaban J connectivity index is 1.41. The second kappa shape index (κ2) is 12.5. The maximum absolute atomic E-state index is 13.5. The first-order chi connectivity index (χ1) is 20.9. The van der Waals surface area contributed by atoms with E-state index >= 15 is 0 Å². The Morgan fingerprint density at radius 3 is 2.75 bits per heavy atom. The van der Waals surface area contributed by atoms with Crippen molar-refractivity contribution in [2.75, 3.05) is 23.8 Å². The van der Waals surface area contributed by atoms with Crippen LogP contribution in [-0.2, 0) is 17.4 Å². The zero-order valence-electron chi connectivity index (χ0n) is 26.4. The van der Waals surface area contributed by atoms with Crippen LogP contribution in [0.2, 0.25) is 18.1 Å². The summed E-state index contributed by atoms with van der Waals surface area (Å²) in [5, 5.41) is 26.2. The van der Waals surface area contributed by atoms with Crippen LogP contribution in [0.4, 0.5) is 17.5 Å². The number of benzene rings is 2. The van der Waals surface area contributed by atoms with Gasteiger partial charge in [0, 0.05) is 30.2 Å². The summed E-state index contributed by atoms with van der Waals surface area (Å²) < 4.78 is 8.12. The Bertz CT molecular complexity index is 1680. The van der Waals surface area contributed by atoms with E-state index in [0.29, 0.717) is 37.9 Å². The number of amides is 1. The lowest BCUT2D eigenvalue weighted by molar-refractivity contribution is 0.0945. The molecular formula is C33H43N7O3Si. The number of aliphatic hydroxyl groups excluding tert-OH is 1. The van der Waals surface area contributed by atoms with E-state index in [1.165, 1.54) is 6.20 Å². The number of carbonyl (C=O) groups is 1. The third kappa shape index (κ3) is 6.54. The van der Waals surface area contributed by atoms with Crippen LogP contribution < -0.4 is 16.0 Å². The summed E-state index contributed by atoms with van der Waals surface area (Å²) in [5.74, 6) is 0.342. The van der Waals surface area contributed by atoms with Gasteiger partial charge >= 0.3 is 0 Å². The van der Waals surface area contributed by atoms with Gasteiger partial charge in [-0.1, -0.05) is 51.1 Å². The maximum Gasteiger partial charge on any atom is 0.256 e. The van der Waals surface area contributed by atoms with Gasteiger partial charge in [0.05, 0.1) is 37.0 Å². The van der Waals surface area contributed by atoms with E-state index in [1.54, 1.807) is 6.08 Å². The number of aliphatic hydroxyl groups is 1. The van der Waals surface area contributed by atoms with Gasteiger partial charge in [-0.2, -0.15) is 10.1 Å². The Kier molecular flexibility index (Phi) is 8.92. The van der Waals surface area contributed by atoms with Gasteiger partial charge in [-0.3, -0.25) is 9.48 Å². The number of hydrogen-bond donors (Lipinski definition) is 4. The molecule has 0 unspecified atom stereocenters. The van der Waals surface area contributed by atoms with E-state index in [9.17, 15) is 9.90 Å². The number of carbonyl (C=O) groups excluding carboxylic acids is 1. The number of aromatic nitrogens is 4. The van der Waals surface area contributed by atoms with Crippen molar-refractivity contribution in [2.45, 2.75) is 70.9 Å². The van der Waals surface area contributed by atoms with Crippen molar-refractivity contribution >= 4 is 42.6 Å². The van der Waals surface area contributed by atoms with E-state index in [4.69, 9.17) is 9.41 Å². The lowest BCUT2D eigenvalue weighted by Gasteiger charge is -2.36. The number of nitrogens with one attached hydrogen (secondary N) is 3. The summed E-state index contributed by atoms with van der Waals surface area (Å²) in [6.45, 7) is 18.1. The first-order valence-corrected chi connectivity index (χ1v) is 17.9. The molecule has 10 nitrogen and oxygen atoms in total. The van der Waals surface area contributed by atoms with Crippen LogP contribution in [0.15, 0.2) is 61.4 Å². The average molecular weight is 614 g/mol. The Morgan fingerprint density at radius 2 is 2.00 bits per heavy atom. The molecule has 2 atom stereocenters. The minimum Gasteiger partial charge on any atom is -0.415 e. The smallest absolute Gasteiger partial charge is 0.256 e. The van der Waals surface area contributed by atoms with Crippen LogP contribution in [-0.4, -0.2) is 58.3 Å². The molecule has 4 N–H and O–H groups in total. The number of nitrogens with zero attached hydrogens (tertiary/aromatic N) is 4.